The van der Waals surface area contributed by atoms with Gasteiger partial charge < -0.3 is 19.3 Å². The fourth-order valence-electron chi connectivity index (χ4n) is 7.13. The minimum absolute atomic E-state index is 0.0328. The summed E-state index contributed by atoms with van der Waals surface area (Å²) in [6, 6.07) is 16.8. The predicted molar refractivity (Wildman–Crippen MR) is 191 cm³/mol. The minimum Gasteiger partial charge on any atom is -0.378 e. The van der Waals surface area contributed by atoms with Gasteiger partial charge in [-0.3, -0.25) is 9.69 Å². The van der Waals surface area contributed by atoms with Gasteiger partial charge in [0.1, 0.15) is 11.6 Å². The molecule has 288 valence electrons. The molecule has 2 aliphatic heterocycles. The van der Waals surface area contributed by atoms with Crippen LogP contribution in [0.5, 0.6) is 0 Å². The highest BCUT2D eigenvalue weighted by molar-refractivity contribution is 6.03. The number of halogens is 7. The summed E-state index contributed by atoms with van der Waals surface area (Å²) in [5.41, 5.74) is -2.54. The Kier molecular flexibility index (Phi) is 11.1. The van der Waals surface area contributed by atoms with Crippen LogP contribution >= 0.6 is 0 Å². The molecule has 0 radical (unpaired) electrons. The number of alkyl halides is 6. The van der Waals surface area contributed by atoms with Crippen LogP contribution in [0.1, 0.15) is 41.7 Å². The zero-order valence-electron chi connectivity index (χ0n) is 30.3. The van der Waals surface area contributed by atoms with Crippen LogP contribution in [-0.2, 0) is 38.6 Å². The van der Waals surface area contributed by atoms with Gasteiger partial charge in [0.05, 0.1) is 66.9 Å². The molecule has 14 heteroatoms. The largest absolute Gasteiger partial charge is 0.416 e. The fourth-order valence-corrected chi connectivity index (χ4v) is 7.13. The number of ether oxygens (including phenoxy) is 2. The van der Waals surface area contributed by atoms with Crippen molar-refractivity contribution in [1.82, 2.24) is 9.88 Å². The number of rotatable bonds is 9. The van der Waals surface area contributed by atoms with Gasteiger partial charge in [-0.25, -0.2) is 9.37 Å². The highest BCUT2D eigenvalue weighted by Crippen LogP contribution is 2.42. The topological polar surface area (TPSA) is 58.1 Å². The number of likely N-dealkylation sites (N-methyl/N-ethyl adjacent to an activating group) is 1. The molecule has 54 heavy (non-hydrogen) atoms. The van der Waals surface area contributed by atoms with Gasteiger partial charge in [-0.05, 0) is 79.4 Å². The molecule has 0 aliphatic carbocycles. The zero-order valence-corrected chi connectivity index (χ0v) is 30.3. The zero-order chi connectivity index (χ0) is 39.0. The molecule has 2 saturated heterocycles. The lowest BCUT2D eigenvalue weighted by atomic mass is 9.81. The maximum absolute atomic E-state index is 14.4. The molecule has 2 aliphatic rings. The first-order valence-electron chi connectivity index (χ1n) is 17.5. The number of amides is 1. The number of piperazine rings is 1. The molecule has 0 unspecified atom stereocenters. The average molecular weight is 759 g/mol. The van der Waals surface area contributed by atoms with E-state index >= 15 is 0 Å². The molecule has 1 amide bonds. The Bertz CT molecular complexity index is 1940. The molecule has 2 atom stereocenters. The molecule has 0 bridgehead atoms. The Morgan fingerprint density at radius 3 is 2.22 bits per heavy atom. The van der Waals surface area contributed by atoms with Gasteiger partial charge >= 0.3 is 12.4 Å². The van der Waals surface area contributed by atoms with Crippen molar-refractivity contribution in [3.63, 3.8) is 0 Å². The summed E-state index contributed by atoms with van der Waals surface area (Å²) in [7, 11) is 1.39. The summed E-state index contributed by atoms with van der Waals surface area (Å²) in [6.45, 7) is 8.15. The van der Waals surface area contributed by atoms with Crippen molar-refractivity contribution in [2.45, 2.75) is 57.2 Å². The Balaban J connectivity index is 1.39. The first-order chi connectivity index (χ1) is 25.4. The lowest BCUT2D eigenvalue weighted by Gasteiger charge is -2.48. The molecule has 0 spiro atoms. The second-order valence-electron chi connectivity index (χ2n) is 14.3. The van der Waals surface area contributed by atoms with Crippen molar-refractivity contribution < 1.29 is 45.0 Å². The number of carbonyl (C=O) groups is 1. The standard InChI is InChI=1S/C40H41F7N4O3/c1-25-14-30(41)10-11-33(25)34-18-36(51-21-31-23-53-13-12-50(31)20-32(51)24-54-22-26-8-6-5-7-9-26)48-19-35(34)49(4)37(52)38(2,3)27-15-28(39(42,43)44)17-29(16-27)40(45,46)47/h5-11,14-19,31-32H,12-13,20-24H2,1-4H3/t31-,32-/m0/s1. The van der Waals surface area contributed by atoms with Crippen LogP contribution in [0.3, 0.4) is 0 Å². The monoisotopic (exact) mass is 758 g/mol. The third-order valence-electron chi connectivity index (χ3n) is 10.2. The lowest BCUT2D eigenvalue weighted by molar-refractivity contribution is -0.143. The average Bonchev–Trinajstić information content (AvgIpc) is 3.13. The van der Waals surface area contributed by atoms with E-state index in [9.17, 15) is 35.5 Å². The van der Waals surface area contributed by atoms with E-state index in [-0.39, 0.29) is 23.8 Å². The number of hydrogen-bond acceptors (Lipinski definition) is 6. The molecule has 2 fully saturated rings. The maximum atomic E-state index is 14.4. The number of carbonyl (C=O) groups excluding carboxylic acids is 1. The molecule has 6 rings (SSSR count). The van der Waals surface area contributed by atoms with E-state index in [0.717, 1.165) is 12.1 Å². The Morgan fingerprint density at radius 2 is 1.57 bits per heavy atom. The van der Waals surface area contributed by atoms with Crippen molar-refractivity contribution >= 4 is 17.4 Å². The van der Waals surface area contributed by atoms with Gasteiger partial charge in [0.25, 0.3) is 0 Å². The molecule has 3 aromatic carbocycles. The number of aromatic nitrogens is 1. The van der Waals surface area contributed by atoms with E-state index in [1.54, 1.807) is 19.1 Å². The van der Waals surface area contributed by atoms with Gasteiger partial charge in [-0.2, -0.15) is 26.3 Å². The summed E-state index contributed by atoms with van der Waals surface area (Å²) in [4.78, 5) is 24.7. The number of pyridine rings is 1. The third-order valence-corrected chi connectivity index (χ3v) is 10.2. The quantitative estimate of drug-likeness (QED) is 0.160. The second kappa shape index (κ2) is 15.3. The van der Waals surface area contributed by atoms with E-state index < -0.39 is 46.2 Å². The maximum Gasteiger partial charge on any atom is 0.416 e. The molecular weight excluding hydrogens is 717 g/mol. The van der Waals surface area contributed by atoms with E-state index in [1.165, 1.54) is 44.1 Å². The highest BCUT2D eigenvalue weighted by Gasteiger charge is 2.42. The van der Waals surface area contributed by atoms with Gasteiger partial charge in [0, 0.05) is 32.2 Å². The number of anilines is 2. The summed E-state index contributed by atoms with van der Waals surface area (Å²) in [5.74, 6) is -0.721. The normalized spacial score (nSPS) is 18.4. The number of benzene rings is 3. The number of fused-ring (bicyclic) bond motifs is 1. The fraction of sp³-hybridized carbons (Fsp3) is 0.400. The van der Waals surface area contributed by atoms with Crippen LogP contribution in [0.15, 0.2) is 79.0 Å². The van der Waals surface area contributed by atoms with Crippen LogP contribution < -0.4 is 9.80 Å². The van der Waals surface area contributed by atoms with Crippen molar-refractivity contribution in [1.29, 1.82) is 0 Å². The number of aryl methyl sites for hydroxylation is 1. The van der Waals surface area contributed by atoms with Crippen molar-refractivity contribution in [2.75, 3.05) is 56.3 Å². The Morgan fingerprint density at radius 1 is 0.907 bits per heavy atom. The molecule has 3 heterocycles. The van der Waals surface area contributed by atoms with Crippen LogP contribution in [-0.4, -0.2) is 74.4 Å². The second-order valence-corrected chi connectivity index (χ2v) is 14.3. The first kappa shape index (κ1) is 39.2. The van der Waals surface area contributed by atoms with Crippen LogP contribution in [0, 0.1) is 12.7 Å². The first-order valence-corrected chi connectivity index (χ1v) is 17.5. The van der Waals surface area contributed by atoms with Gasteiger partial charge in [0.2, 0.25) is 5.91 Å². The Labute approximate surface area is 309 Å². The van der Waals surface area contributed by atoms with E-state index in [0.29, 0.717) is 74.2 Å². The van der Waals surface area contributed by atoms with E-state index in [2.05, 4.69) is 9.80 Å². The van der Waals surface area contributed by atoms with E-state index in [4.69, 9.17) is 14.5 Å². The van der Waals surface area contributed by atoms with Crippen molar-refractivity contribution in [3.8, 4) is 11.1 Å². The Hall–Kier alpha value is -4.53. The number of morpholine rings is 1. The van der Waals surface area contributed by atoms with Gasteiger partial charge in [-0.1, -0.05) is 36.4 Å². The minimum atomic E-state index is -5.09. The summed E-state index contributed by atoms with van der Waals surface area (Å²) in [6.07, 6.45) is -8.72. The molecule has 0 saturated carbocycles. The number of hydrogen-bond donors (Lipinski definition) is 0. The molecule has 1 aromatic heterocycles. The predicted octanol–water partition coefficient (Wildman–Crippen LogP) is 8.28. The van der Waals surface area contributed by atoms with Gasteiger partial charge in [0.15, 0.2) is 0 Å². The van der Waals surface area contributed by atoms with Crippen LogP contribution in [0.2, 0.25) is 0 Å². The smallest absolute Gasteiger partial charge is 0.378 e. The molecule has 7 nitrogen and oxygen atoms in total. The highest BCUT2D eigenvalue weighted by atomic mass is 19.4. The molecular formula is C40H41F7N4O3. The third kappa shape index (κ3) is 8.40. The molecule has 0 N–H and O–H groups in total. The van der Waals surface area contributed by atoms with Crippen LogP contribution in [0.4, 0.5) is 42.2 Å². The van der Waals surface area contributed by atoms with Crippen molar-refractivity contribution in [3.05, 3.63) is 113 Å². The van der Waals surface area contributed by atoms with Crippen molar-refractivity contribution in [2.24, 2.45) is 0 Å². The molecule has 4 aromatic rings. The van der Waals surface area contributed by atoms with Gasteiger partial charge in [-0.15, -0.1) is 0 Å². The number of nitrogens with zero attached hydrogens (tertiary/aromatic N) is 4. The SMILES string of the molecule is Cc1cc(F)ccc1-c1cc(N2C[C@H]3COCCN3C[C@H]2COCc2ccccc2)ncc1N(C)C(=O)C(C)(C)c1cc(C(F)(F)F)cc(C(F)(F)F)c1. The summed E-state index contributed by atoms with van der Waals surface area (Å²) in [5, 5.41) is 0. The summed E-state index contributed by atoms with van der Waals surface area (Å²) < 4.78 is 109. The lowest BCUT2D eigenvalue weighted by Crippen LogP contribution is -2.63. The van der Waals surface area contributed by atoms with E-state index in [1.807, 2.05) is 30.3 Å². The summed E-state index contributed by atoms with van der Waals surface area (Å²) >= 11 is 0. The van der Waals surface area contributed by atoms with Crippen LogP contribution in [0.25, 0.3) is 11.1 Å².